The Labute approximate surface area is 144 Å². The third-order valence-electron chi connectivity index (χ3n) is 3.65. The molecule has 0 saturated heterocycles. The van der Waals surface area contributed by atoms with E-state index >= 15 is 0 Å². The van der Waals surface area contributed by atoms with Gasteiger partial charge in [0, 0.05) is 17.5 Å². The van der Waals surface area contributed by atoms with Gasteiger partial charge in [-0.2, -0.15) is 4.98 Å². The Bertz CT molecular complexity index is 814. The average molecular weight is 347 g/mol. The van der Waals surface area contributed by atoms with Gasteiger partial charge < -0.3 is 11.1 Å². The Hall–Kier alpha value is -1.69. The fourth-order valence-corrected chi connectivity index (χ4v) is 4.02. The lowest BCUT2D eigenvalue weighted by Gasteiger charge is -2.07. The summed E-state index contributed by atoms with van der Waals surface area (Å²) < 4.78 is 1.04. The average Bonchev–Trinajstić information content (AvgIpc) is 2.82. The number of benzene rings is 1. The van der Waals surface area contributed by atoms with E-state index < -0.39 is 0 Å². The highest BCUT2D eigenvalue weighted by Crippen LogP contribution is 2.35. The van der Waals surface area contributed by atoms with Crippen molar-refractivity contribution >= 4 is 39.0 Å². The number of nitrogens with one attached hydrogen (secondary N) is 1. The summed E-state index contributed by atoms with van der Waals surface area (Å²) in [6, 6.07) is 10.3. The number of aromatic nitrogens is 2. The van der Waals surface area contributed by atoms with Crippen molar-refractivity contribution in [2.45, 2.75) is 32.9 Å². The summed E-state index contributed by atoms with van der Waals surface area (Å²) in [6.45, 7) is 4.78. The van der Waals surface area contributed by atoms with Crippen LogP contribution < -0.4 is 11.1 Å². The van der Waals surface area contributed by atoms with Gasteiger partial charge in [0.1, 0.15) is 5.82 Å². The molecule has 1 aromatic carbocycles. The van der Waals surface area contributed by atoms with E-state index in [0.717, 1.165) is 28.0 Å². The maximum Gasteiger partial charge on any atom is 0.224 e. The van der Waals surface area contributed by atoms with Gasteiger partial charge in [-0.25, -0.2) is 4.98 Å². The zero-order chi connectivity index (χ0) is 16.4. The highest BCUT2D eigenvalue weighted by molar-refractivity contribution is 7.19. The molecule has 4 nitrogen and oxygen atoms in total. The largest absolute Gasteiger partial charge is 0.365 e. The number of aryl methyl sites for hydroxylation is 1. The van der Waals surface area contributed by atoms with Crippen LogP contribution in [0.4, 0.5) is 5.82 Å². The summed E-state index contributed by atoms with van der Waals surface area (Å²) in [6.07, 6.45) is 0.836. The molecule has 3 rings (SSSR count). The molecule has 120 valence electrons. The van der Waals surface area contributed by atoms with E-state index in [-0.39, 0.29) is 11.3 Å². The van der Waals surface area contributed by atoms with Crippen LogP contribution in [0.15, 0.2) is 30.3 Å². The highest BCUT2D eigenvalue weighted by Gasteiger charge is 2.16. The predicted octanol–water partition coefficient (Wildman–Crippen LogP) is 4.15. The van der Waals surface area contributed by atoms with E-state index in [1.807, 2.05) is 25.1 Å². The summed E-state index contributed by atoms with van der Waals surface area (Å²) >= 11 is 7.81. The van der Waals surface area contributed by atoms with Gasteiger partial charge in [-0.15, -0.1) is 11.3 Å². The van der Waals surface area contributed by atoms with Gasteiger partial charge in [-0.3, -0.25) is 0 Å². The second-order valence-electron chi connectivity index (χ2n) is 5.69. The number of hydrogen-bond acceptors (Lipinski definition) is 5. The van der Waals surface area contributed by atoms with E-state index in [1.54, 1.807) is 11.3 Å². The molecule has 0 radical (unpaired) electrons. The van der Waals surface area contributed by atoms with Crippen molar-refractivity contribution in [1.82, 2.24) is 9.97 Å². The zero-order valence-corrected chi connectivity index (χ0v) is 14.7. The van der Waals surface area contributed by atoms with Gasteiger partial charge in [0.25, 0.3) is 0 Å². The minimum atomic E-state index is 0.117. The molecule has 6 heteroatoms. The summed E-state index contributed by atoms with van der Waals surface area (Å²) in [5.74, 6) is 0.785. The van der Waals surface area contributed by atoms with E-state index in [9.17, 15) is 0 Å². The first-order valence-corrected chi connectivity index (χ1v) is 8.73. The number of anilines is 1. The Morgan fingerprint density at radius 2 is 2.00 bits per heavy atom. The number of nitrogens with two attached hydrogens (primary N) is 1. The first-order chi connectivity index (χ1) is 11.0. The molecule has 0 fully saturated rings. The molecule has 0 bridgehead atoms. The lowest BCUT2D eigenvalue weighted by molar-refractivity contribution is 0.744. The normalized spacial score (nSPS) is 12.5. The van der Waals surface area contributed by atoms with E-state index in [2.05, 4.69) is 34.3 Å². The Balaban J connectivity index is 1.96. The van der Waals surface area contributed by atoms with Crippen LogP contribution in [0.1, 0.15) is 22.9 Å². The Kier molecular flexibility index (Phi) is 4.80. The first-order valence-electron chi connectivity index (χ1n) is 7.53. The van der Waals surface area contributed by atoms with Gasteiger partial charge in [-0.05, 0) is 43.0 Å². The molecular formula is C17H19ClN4S. The van der Waals surface area contributed by atoms with Crippen LogP contribution in [0.2, 0.25) is 5.28 Å². The molecule has 2 heterocycles. The smallest absolute Gasteiger partial charge is 0.224 e. The van der Waals surface area contributed by atoms with E-state index in [4.69, 9.17) is 17.3 Å². The molecule has 0 aliphatic carbocycles. The van der Waals surface area contributed by atoms with E-state index in [1.165, 1.54) is 10.4 Å². The molecular weight excluding hydrogens is 328 g/mol. The lowest BCUT2D eigenvalue weighted by atomic mass is 10.1. The van der Waals surface area contributed by atoms with Crippen molar-refractivity contribution < 1.29 is 0 Å². The summed E-state index contributed by atoms with van der Waals surface area (Å²) in [5.41, 5.74) is 9.21. The van der Waals surface area contributed by atoms with Gasteiger partial charge in [0.15, 0.2) is 0 Å². The number of rotatable bonds is 5. The van der Waals surface area contributed by atoms with Crippen molar-refractivity contribution in [3.8, 4) is 0 Å². The van der Waals surface area contributed by atoms with Crippen LogP contribution in [0.3, 0.4) is 0 Å². The molecule has 0 aliphatic heterocycles. The molecule has 1 atom stereocenters. The molecule has 0 saturated carbocycles. The molecule has 1 unspecified atom stereocenters. The van der Waals surface area contributed by atoms with E-state index in [0.29, 0.717) is 6.54 Å². The minimum Gasteiger partial charge on any atom is -0.365 e. The van der Waals surface area contributed by atoms with Crippen LogP contribution >= 0.6 is 22.9 Å². The third-order valence-corrected chi connectivity index (χ3v) is 5.13. The SMILES string of the molecule is Cc1c(CC(C)N)sc2c(NCc3ccccc3)nc(Cl)nc12. The summed E-state index contributed by atoms with van der Waals surface area (Å²) in [4.78, 5) is 10.0. The van der Waals surface area contributed by atoms with Crippen LogP contribution in [-0.4, -0.2) is 16.0 Å². The van der Waals surface area contributed by atoms with Crippen molar-refractivity contribution in [1.29, 1.82) is 0 Å². The molecule has 0 spiro atoms. The molecule has 0 aliphatic rings. The number of nitrogens with zero attached hydrogens (tertiary/aromatic N) is 2. The lowest BCUT2D eigenvalue weighted by Crippen LogP contribution is -2.17. The summed E-state index contributed by atoms with van der Waals surface area (Å²) in [7, 11) is 0. The zero-order valence-electron chi connectivity index (χ0n) is 13.1. The summed E-state index contributed by atoms with van der Waals surface area (Å²) in [5, 5.41) is 3.65. The van der Waals surface area contributed by atoms with Gasteiger partial charge in [0.05, 0.1) is 10.2 Å². The minimum absolute atomic E-state index is 0.117. The van der Waals surface area contributed by atoms with Gasteiger partial charge in [0.2, 0.25) is 5.28 Å². The van der Waals surface area contributed by atoms with Crippen molar-refractivity contribution in [3.05, 3.63) is 51.6 Å². The number of thiophene rings is 1. The Morgan fingerprint density at radius 1 is 1.26 bits per heavy atom. The van der Waals surface area contributed by atoms with Gasteiger partial charge >= 0.3 is 0 Å². The fourth-order valence-electron chi connectivity index (χ4n) is 2.49. The highest BCUT2D eigenvalue weighted by atomic mass is 35.5. The molecule has 0 amide bonds. The maximum atomic E-state index is 6.11. The first kappa shape index (κ1) is 16.2. The molecule has 2 aromatic heterocycles. The topological polar surface area (TPSA) is 63.8 Å². The second-order valence-corrected chi connectivity index (χ2v) is 7.13. The monoisotopic (exact) mass is 346 g/mol. The van der Waals surface area contributed by atoms with Gasteiger partial charge in [-0.1, -0.05) is 30.3 Å². The van der Waals surface area contributed by atoms with Crippen molar-refractivity contribution in [3.63, 3.8) is 0 Å². The number of hydrogen-bond donors (Lipinski definition) is 2. The van der Waals surface area contributed by atoms with Crippen molar-refractivity contribution in [2.75, 3.05) is 5.32 Å². The predicted molar refractivity (Wildman–Crippen MR) is 98.3 cm³/mol. The number of fused-ring (bicyclic) bond motifs is 1. The molecule has 3 N–H and O–H groups in total. The fraction of sp³-hybridized carbons (Fsp3) is 0.294. The quantitative estimate of drug-likeness (QED) is 0.681. The Morgan fingerprint density at radius 3 is 2.70 bits per heavy atom. The number of halogens is 1. The van der Waals surface area contributed by atoms with Crippen molar-refractivity contribution in [2.24, 2.45) is 5.73 Å². The second kappa shape index (κ2) is 6.83. The molecule has 23 heavy (non-hydrogen) atoms. The molecule has 3 aromatic rings. The van der Waals surface area contributed by atoms with Crippen LogP contribution in [0, 0.1) is 6.92 Å². The van der Waals surface area contributed by atoms with Crippen LogP contribution in [0.25, 0.3) is 10.2 Å². The standard InChI is InChI=1S/C17H19ClN4S/c1-10(19)8-13-11(2)14-15(23-13)16(22-17(18)21-14)20-9-12-6-4-3-5-7-12/h3-7,10H,8-9,19H2,1-2H3,(H,20,21,22). The van der Waals surface area contributed by atoms with Crippen LogP contribution in [-0.2, 0) is 13.0 Å². The third kappa shape index (κ3) is 3.63. The van der Waals surface area contributed by atoms with Crippen LogP contribution in [0.5, 0.6) is 0 Å². The maximum absolute atomic E-state index is 6.11.